The van der Waals surface area contributed by atoms with Crippen LogP contribution in [0.15, 0.2) is 34.3 Å². The molecule has 0 amide bonds. The van der Waals surface area contributed by atoms with Crippen LogP contribution >= 0.6 is 0 Å². The van der Waals surface area contributed by atoms with E-state index in [2.05, 4.69) is 16.0 Å². The lowest BCUT2D eigenvalue weighted by Crippen LogP contribution is -2.22. The highest BCUT2D eigenvalue weighted by Crippen LogP contribution is 1.77. The number of benzene rings is 1. The molecule has 0 saturated carbocycles. The van der Waals surface area contributed by atoms with Gasteiger partial charge in [-0.2, -0.15) is 9.98 Å². The van der Waals surface area contributed by atoms with Crippen molar-refractivity contribution in [3.63, 3.8) is 0 Å². The van der Waals surface area contributed by atoms with Crippen LogP contribution in [0.5, 0.6) is 0 Å². The van der Waals surface area contributed by atoms with Gasteiger partial charge in [0.15, 0.2) is 0 Å². The summed E-state index contributed by atoms with van der Waals surface area (Å²) in [6.07, 6.45) is 3.50. The maximum Gasteiger partial charge on any atom is 0.0993 e. The van der Waals surface area contributed by atoms with Gasteiger partial charge in [-0.1, -0.05) is 24.3 Å². The van der Waals surface area contributed by atoms with Gasteiger partial charge in [-0.05, 0) is 0 Å². The van der Waals surface area contributed by atoms with E-state index >= 15 is 0 Å². The molecule has 1 aliphatic heterocycles. The summed E-state index contributed by atoms with van der Waals surface area (Å²) in [4.78, 5) is 7.68. The Labute approximate surface area is 63.9 Å². The topological polar surface area (TPSA) is 24.7 Å². The summed E-state index contributed by atoms with van der Waals surface area (Å²) < 4.78 is 0. The average Bonchev–Trinajstić information content (AvgIpc) is 2.28. The molecule has 0 atom stereocenters. The van der Waals surface area contributed by atoms with Crippen LogP contribution in [0.3, 0.4) is 0 Å². The van der Waals surface area contributed by atoms with Crippen molar-refractivity contribution in [2.24, 2.45) is 9.98 Å². The molecule has 11 heavy (non-hydrogen) atoms. The lowest BCUT2D eigenvalue weighted by Gasteiger charge is -1.83. The quantitative estimate of drug-likeness (QED) is 0.499. The lowest BCUT2D eigenvalue weighted by molar-refractivity contribution is 1.49. The minimum absolute atomic E-state index is 1.08. The van der Waals surface area contributed by atoms with Crippen molar-refractivity contribution in [2.45, 2.75) is 0 Å². The van der Waals surface area contributed by atoms with E-state index in [-0.39, 0.29) is 0 Å². The molecular weight excluding hydrogens is 136 g/mol. The Morgan fingerprint density at radius 3 is 2.00 bits per heavy atom. The third-order valence-electron chi connectivity index (χ3n) is 1.52. The van der Waals surface area contributed by atoms with Crippen LogP contribution in [0.2, 0.25) is 0 Å². The van der Waals surface area contributed by atoms with Crippen molar-refractivity contribution < 1.29 is 0 Å². The van der Waals surface area contributed by atoms with Gasteiger partial charge in [0, 0.05) is 22.8 Å². The van der Waals surface area contributed by atoms with Gasteiger partial charge < -0.3 is 0 Å². The highest BCUT2D eigenvalue weighted by Gasteiger charge is 1.83. The summed E-state index contributed by atoms with van der Waals surface area (Å²) in [6, 6.07) is 10.5. The molecule has 0 fully saturated rings. The van der Waals surface area contributed by atoms with E-state index in [1.54, 1.807) is 12.4 Å². The Bertz CT molecular complexity index is 398. The second kappa shape index (κ2) is 2.52. The molecule has 0 unspecified atom stereocenters. The SMILES string of the molecule is C1=NC=c2ccccc2=CN=1. The van der Waals surface area contributed by atoms with Crippen LogP contribution in [-0.4, -0.2) is 6.01 Å². The standard InChI is InChI=1S/C9H6N2/c1-2-4-9-6-11-7-10-5-8(9)3-1/h1-6H. The first-order chi connectivity index (χ1) is 5.47. The van der Waals surface area contributed by atoms with Crippen LogP contribution in [0.25, 0.3) is 12.4 Å². The third kappa shape index (κ3) is 1.11. The van der Waals surface area contributed by atoms with E-state index in [0.29, 0.717) is 0 Å². The second-order valence-electron chi connectivity index (χ2n) is 2.25. The molecule has 0 aliphatic carbocycles. The van der Waals surface area contributed by atoms with Gasteiger partial charge in [0.1, 0.15) is 0 Å². The Balaban J connectivity index is 2.91. The van der Waals surface area contributed by atoms with E-state index < -0.39 is 0 Å². The van der Waals surface area contributed by atoms with Crippen LogP contribution in [0, 0.1) is 0 Å². The zero-order valence-electron chi connectivity index (χ0n) is 5.86. The van der Waals surface area contributed by atoms with E-state index in [0.717, 1.165) is 10.4 Å². The fourth-order valence-corrected chi connectivity index (χ4v) is 0.976. The first-order valence-electron chi connectivity index (χ1n) is 3.37. The fourth-order valence-electron chi connectivity index (χ4n) is 0.976. The normalized spacial score (nSPS) is 12.7. The van der Waals surface area contributed by atoms with Crippen LogP contribution in [-0.2, 0) is 0 Å². The summed E-state index contributed by atoms with van der Waals surface area (Å²) >= 11 is 0. The molecule has 2 nitrogen and oxygen atoms in total. The van der Waals surface area contributed by atoms with Crippen molar-refractivity contribution in [2.75, 3.05) is 0 Å². The van der Waals surface area contributed by atoms with Crippen molar-refractivity contribution in [3.05, 3.63) is 34.7 Å². The minimum atomic E-state index is 1.08. The first kappa shape index (κ1) is 6.08. The van der Waals surface area contributed by atoms with Crippen molar-refractivity contribution in [3.8, 4) is 0 Å². The summed E-state index contributed by atoms with van der Waals surface area (Å²) in [6.45, 7) is 0. The van der Waals surface area contributed by atoms with E-state index in [1.165, 1.54) is 0 Å². The van der Waals surface area contributed by atoms with Gasteiger partial charge in [0.05, 0.1) is 6.01 Å². The molecule has 0 bridgehead atoms. The zero-order chi connectivity index (χ0) is 7.52. The zero-order valence-corrected chi connectivity index (χ0v) is 5.86. The van der Waals surface area contributed by atoms with Gasteiger partial charge in [0.25, 0.3) is 0 Å². The maximum absolute atomic E-state index is 3.84. The molecule has 1 aromatic carbocycles. The predicted octanol–water partition coefficient (Wildman–Crippen LogP) is 0.350. The molecule has 1 heterocycles. The molecule has 2 heteroatoms. The monoisotopic (exact) mass is 142 g/mol. The first-order valence-corrected chi connectivity index (χ1v) is 3.37. The number of fused-ring (bicyclic) bond motifs is 1. The van der Waals surface area contributed by atoms with Gasteiger partial charge in [-0.3, -0.25) is 0 Å². The van der Waals surface area contributed by atoms with Crippen LogP contribution in [0.4, 0.5) is 0 Å². The number of hydrogen-bond donors (Lipinski definition) is 0. The average molecular weight is 142 g/mol. The maximum atomic E-state index is 3.84. The van der Waals surface area contributed by atoms with Crippen molar-refractivity contribution in [1.29, 1.82) is 0 Å². The largest absolute Gasteiger partial charge is 0.195 e. The smallest absolute Gasteiger partial charge is 0.0993 e. The Morgan fingerprint density at radius 2 is 1.45 bits per heavy atom. The lowest BCUT2D eigenvalue weighted by atomic mass is 10.2. The molecule has 0 saturated heterocycles. The molecule has 0 radical (unpaired) electrons. The highest BCUT2D eigenvalue weighted by molar-refractivity contribution is 5.54. The van der Waals surface area contributed by atoms with Gasteiger partial charge in [-0.25, -0.2) is 0 Å². The molecule has 0 N–H and O–H groups in total. The Morgan fingerprint density at radius 1 is 0.909 bits per heavy atom. The fraction of sp³-hybridized carbons (Fsp3) is 0. The summed E-state index contributed by atoms with van der Waals surface area (Å²) in [5.74, 6) is 0. The number of hydrogen-bond acceptors (Lipinski definition) is 2. The van der Waals surface area contributed by atoms with Crippen molar-refractivity contribution >= 4 is 18.4 Å². The van der Waals surface area contributed by atoms with Crippen LogP contribution < -0.4 is 10.4 Å². The molecule has 2 rings (SSSR count). The van der Waals surface area contributed by atoms with Gasteiger partial charge in [-0.15, -0.1) is 0 Å². The van der Waals surface area contributed by atoms with E-state index in [1.807, 2.05) is 24.3 Å². The summed E-state index contributed by atoms with van der Waals surface area (Å²) in [7, 11) is 0. The highest BCUT2D eigenvalue weighted by atomic mass is 14.8. The number of aliphatic imine (C=N–C) groups is 2. The number of rotatable bonds is 0. The molecule has 1 aliphatic rings. The third-order valence-corrected chi connectivity index (χ3v) is 1.52. The van der Waals surface area contributed by atoms with Gasteiger partial charge >= 0.3 is 0 Å². The summed E-state index contributed by atoms with van der Waals surface area (Å²) in [5.41, 5.74) is 0. The van der Waals surface area contributed by atoms with Crippen molar-refractivity contribution in [1.82, 2.24) is 0 Å². The Kier molecular flexibility index (Phi) is 1.39. The molecule has 1 aromatic rings. The molecule has 52 valence electrons. The Hall–Kier alpha value is -1.66. The number of nitrogens with zero attached hydrogens (tertiary/aromatic N) is 2. The second-order valence-corrected chi connectivity index (χ2v) is 2.25. The van der Waals surface area contributed by atoms with E-state index in [4.69, 9.17) is 0 Å². The molecule has 0 aromatic heterocycles. The predicted molar refractivity (Wildman–Crippen MR) is 44.5 cm³/mol. The van der Waals surface area contributed by atoms with Gasteiger partial charge in [0.2, 0.25) is 0 Å². The van der Waals surface area contributed by atoms with Crippen LogP contribution in [0.1, 0.15) is 0 Å². The minimum Gasteiger partial charge on any atom is -0.195 e. The molecule has 0 spiro atoms. The summed E-state index contributed by atoms with van der Waals surface area (Å²) in [5, 5.41) is 2.17. The molecular formula is C9H6N2. The van der Waals surface area contributed by atoms with E-state index in [9.17, 15) is 0 Å².